The molecule has 0 atom stereocenters. The molecule has 2 aromatic carbocycles. The molecule has 0 radical (unpaired) electrons. The van der Waals surface area contributed by atoms with Crippen LogP contribution in [-0.2, 0) is 9.53 Å². The van der Waals surface area contributed by atoms with Gasteiger partial charge in [-0.25, -0.2) is 9.59 Å². The highest BCUT2D eigenvalue weighted by atomic mass is 35.5. The Labute approximate surface area is 153 Å². The van der Waals surface area contributed by atoms with Crippen molar-refractivity contribution in [2.75, 3.05) is 13.7 Å². The van der Waals surface area contributed by atoms with E-state index in [1.807, 2.05) is 0 Å². The second kappa shape index (κ2) is 8.50. The number of nitrogens with zero attached hydrogens (tertiary/aromatic N) is 1. The standard InChI is InChI=1S/C17H13Cl2NO5/c1-24-17(23)12-4-3-11(7-13(12)18)20-8-10-2-5-15(14(19)6-10)25-9-16(21)22/h2-8H,9H2,1H3,(H,21,22). The van der Waals surface area contributed by atoms with Crippen molar-refractivity contribution in [3.63, 3.8) is 0 Å². The molecule has 0 aliphatic heterocycles. The second-order valence-corrected chi connectivity index (χ2v) is 5.60. The summed E-state index contributed by atoms with van der Waals surface area (Å²) in [5.74, 6) is -1.34. The maximum atomic E-state index is 11.5. The molecule has 130 valence electrons. The monoisotopic (exact) mass is 381 g/mol. The molecule has 0 fully saturated rings. The van der Waals surface area contributed by atoms with Gasteiger partial charge in [0, 0.05) is 6.21 Å². The largest absolute Gasteiger partial charge is 0.480 e. The highest BCUT2D eigenvalue weighted by molar-refractivity contribution is 6.34. The Morgan fingerprint density at radius 3 is 2.52 bits per heavy atom. The van der Waals surface area contributed by atoms with Crippen LogP contribution in [0.1, 0.15) is 15.9 Å². The number of methoxy groups -OCH3 is 1. The summed E-state index contributed by atoms with van der Waals surface area (Å²) in [6, 6.07) is 9.51. The normalized spacial score (nSPS) is 10.7. The number of aliphatic carboxylic acids is 1. The summed E-state index contributed by atoms with van der Waals surface area (Å²) in [5.41, 5.74) is 1.48. The molecule has 2 rings (SSSR count). The molecule has 1 N–H and O–H groups in total. The van der Waals surface area contributed by atoms with Crippen molar-refractivity contribution < 1.29 is 24.2 Å². The van der Waals surface area contributed by atoms with Crippen LogP contribution in [0.25, 0.3) is 0 Å². The predicted molar refractivity (Wildman–Crippen MR) is 94.6 cm³/mol. The Bertz CT molecular complexity index is 836. The van der Waals surface area contributed by atoms with E-state index in [0.29, 0.717) is 11.3 Å². The number of aliphatic imine (C=N–C) groups is 1. The molecular formula is C17H13Cl2NO5. The quantitative estimate of drug-likeness (QED) is 0.603. The van der Waals surface area contributed by atoms with E-state index in [4.69, 9.17) is 33.0 Å². The van der Waals surface area contributed by atoms with Gasteiger partial charge in [0.1, 0.15) is 5.75 Å². The number of hydrogen-bond acceptors (Lipinski definition) is 5. The number of benzene rings is 2. The van der Waals surface area contributed by atoms with Gasteiger partial charge in [-0.1, -0.05) is 23.2 Å². The summed E-state index contributed by atoms with van der Waals surface area (Å²) in [5, 5.41) is 9.09. The van der Waals surface area contributed by atoms with Crippen LogP contribution in [-0.4, -0.2) is 37.0 Å². The lowest BCUT2D eigenvalue weighted by Crippen LogP contribution is -2.09. The lowest BCUT2D eigenvalue weighted by Gasteiger charge is -2.06. The zero-order chi connectivity index (χ0) is 18.4. The van der Waals surface area contributed by atoms with Crippen LogP contribution < -0.4 is 4.74 Å². The molecule has 0 aromatic heterocycles. The third-order valence-corrected chi connectivity index (χ3v) is 3.64. The number of hydrogen-bond donors (Lipinski definition) is 1. The van der Waals surface area contributed by atoms with Crippen molar-refractivity contribution in [2.45, 2.75) is 0 Å². The summed E-state index contributed by atoms with van der Waals surface area (Å²) in [7, 11) is 1.28. The fraction of sp³-hybridized carbons (Fsp3) is 0.118. The molecule has 0 heterocycles. The second-order valence-electron chi connectivity index (χ2n) is 4.79. The van der Waals surface area contributed by atoms with Crippen molar-refractivity contribution >= 4 is 47.0 Å². The topological polar surface area (TPSA) is 85.2 Å². The van der Waals surface area contributed by atoms with Crippen molar-refractivity contribution in [2.24, 2.45) is 4.99 Å². The van der Waals surface area contributed by atoms with Gasteiger partial charge in [-0.05, 0) is 42.0 Å². The Hall–Kier alpha value is -2.57. The van der Waals surface area contributed by atoms with Crippen molar-refractivity contribution in [1.29, 1.82) is 0 Å². The Kier molecular flexibility index (Phi) is 6.38. The average Bonchev–Trinajstić information content (AvgIpc) is 2.58. The highest BCUT2D eigenvalue weighted by Crippen LogP contribution is 2.26. The Balaban J connectivity index is 2.14. The molecule has 0 bridgehead atoms. The molecule has 0 saturated heterocycles. The van der Waals surface area contributed by atoms with E-state index >= 15 is 0 Å². The first kappa shape index (κ1) is 18.8. The molecular weight excluding hydrogens is 369 g/mol. The lowest BCUT2D eigenvalue weighted by molar-refractivity contribution is -0.139. The number of ether oxygens (including phenoxy) is 2. The molecule has 0 aliphatic carbocycles. The number of carboxylic acids is 1. The minimum atomic E-state index is -1.09. The molecule has 6 nitrogen and oxygen atoms in total. The fourth-order valence-corrected chi connectivity index (χ4v) is 2.36. The lowest BCUT2D eigenvalue weighted by atomic mass is 10.2. The zero-order valence-corrected chi connectivity index (χ0v) is 14.5. The highest BCUT2D eigenvalue weighted by Gasteiger charge is 2.10. The fourth-order valence-electron chi connectivity index (χ4n) is 1.86. The Morgan fingerprint density at radius 2 is 1.92 bits per heavy atom. The van der Waals surface area contributed by atoms with Crippen LogP contribution in [0.15, 0.2) is 41.4 Å². The zero-order valence-electron chi connectivity index (χ0n) is 13.0. The minimum Gasteiger partial charge on any atom is -0.480 e. The van der Waals surface area contributed by atoms with E-state index in [0.717, 1.165) is 0 Å². The summed E-state index contributed by atoms with van der Waals surface area (Å²) in [4.78, 5) is 26.2. The van der Waals surface area contributed by atoms with Crippen molar-refractivity contribution in [3.05, 3.63) is 57.6 Å². The summed E-state index contributed by atoms with van der Waals surface area (Å²) in [6.45, 7) is -0.474. The van der Waals surface area contributed by atoms with Gasteiger partial charge in [0.05, 0.1) is 28.4 Å². The van der Waals surface area contributed by atoms with Crippen LogP contribution in [0.2, 0.25) is 10.0 Å². The smallest absolute Gasteiger partial charge is 0.341 e. The predicted octanol–water partition coefficient (Wildman–Crippen LogP) is 3.99. The van der Waals surface area contributed by atoms with Gasteiger partial charge in [0.25, 0.3) is 0 Å². The van der Waals surface area contributed by atoms with Crippen LogP contribution in [0.3, 0.4) is 0 Å². The van der Waals surface area contributed by atoms with E-state index in [1.165, 1.54) is 19.2 Å². The summed E-state index contributed by atoms with van der Waals surface area (Å²) < 4.78 is 9.66. The number of esters is 1. The van der Waals surface area contributed by atoms with Gasteiger partial charge in [-0.15, -0.1) is 0 Å². The number of carbonyl (C=O) groups excluding carboxylic acids is 1. The van der Waals surface area contributed by atoms with Gasteiger partial charge < -0.3 is 14.6 Å². The van der Waals surface area contributed by atoms with E-state index in [9.17, 15) is 9.59 Å². The average molecular weight is 382 g/mol. The first-order valence-electron chi connectivity index (χ1n) is 6.97. The first-order chi connectivity index (χ1) is 11.9. The molecule has 0 saturated carbocycles. The molecule has 0 amide bonds. The SMILES string of the molecule is COC(=O)c1ccc(N=Cc2ccc(OCC(=O)O)c(Cl)c2)cc1Cl. The summed E-state index contributed by atoms with van der Waals surface area (Å²) in [6.07, 6.45) is 1.55. The number of carboxylic acid groups (broad SMARTS) is 1. The molecule has 0 spiro atoms. The van der Waals surface area contributed by atoms with Gasteiger partial charge >= 0.3 is 11.9 Å². The molecule has 0 unspecified atom stereocenters. The van der Waals surface area contributed by atoms with Crippen LogP contribution >= 0.6 is 23.2 Å². The number of carbonyl (C=O) groups is 2. The maximum absolute atomic E-state index is 11.5. The minimum absolute atomic E-state index is 0.233. The van der Waals surface area contributed by atoms with E-state index in [2.05, 4.69) is 9.73 Å². The van der Waals surface area contributed by atoms with Crippen molar-refractivity contribution in [1.82, 2.24) is 0 Å². The van der Waals surface area contributed by atoms with Gasteiger partial charge in [0.15, 0.2) is 6.61 Å². The Morgan fingerprint density at radius 1 is 1.16 bits per heavy atom. The molecule has 2 aromatic rings. The van der Waals surface area contributed by atoms with Gasteiger partial charge in [-0.2, -0.15) is 0 Å². The third-order valence-electron chi connectivity index (χ3n) is 3.03. The van der Waals surface area contributed by atoms with E-state index in [1.54, 1.807) is 30.5 Å². The summed E-state index contributed by atoms with van der Waals surface area (Å²) >= 11 is 12.1. The third kappa shape index (κ3) is 5.20. The van der Waals surface area contributed by atoms with E-state index in [-0.39, 0.29) is 21.4 Å². The number of halogens is 2. The molecule has 8 heteroatoms. The van der Waals surface area contributed by atoms with Crippen LogP contribution in [0, 0.1) is 0 Å². The first-order valence-corrected chi connectivity index (χ1v) is 7.72. The van der Waals surface area contributed by atoms with Crippen LogP contribution in [0.5, 0.6) is 5.75 Å². The molecule has 25 heavy (non-hydrogen) atoms. The molecule has 0 aliphatic rings. The van der Waals surface area contributed by atoms with Gasteiger partial charge in [0.2, 0.25) is 0 Å². The van der Waals surface area contributed by atoms with E-state index < -0.39 is 18.5 Å². The maximum Gasteiger partial charge on any atom is 0.341 e. The van der Waals surface area contributed by atoms with Crippen LogP contribution in [0.4, 0.5) is 5.69 Å². The number of rotatable bonds is 6. The van der Waals surface area contributed by atoms with Crippen molar-refractivity contribution in [3.8, 4) is 5.75 Å². The van der Waals surface area contributed by atoms with Gasteiger partial charge in [-0.3, -0.25) is 4.99 Å².